The molecule has 1 aromatic rings. The SMILES string of the molecule is CCC(=O)OC1C2C(=C(O)c3c(O)cccc3C2CCC2CCCC2)C(=O)C2(O)C(O)=C(C(=O)CCCCCCCC(C)C(=O)O)C(=O)CC12. The van der Waals surface area contributed by atoms with Crippen LogP contribution in [0.1, 0.15) is 127 Å². The fourth-order valence-corrected chi connectivity index (χ4v) is 8.74. The molecule has 0 bridgehead atoms. The number of unbranched alkanes of at least 4 members (excludes halogenated alkanes) is 4. The summed E-state index contributed by atoms with van der Waals surface area (Å²) in [4.78, 5) is 65.6. The van der Waals surface area contributed by atoms with Gasteiger partial charge in [0.1, 0.15) is 28.9 Å². The molecule has 2 saturated carbocycles. The van der Waals surface area contributed by atoms with Gasteiger partial charge in [0.05, 0.1) is 11.5 Å². The minimum atomic E-state index is -2.84. The number of ether oxygens (including phenoxy) is 1. The minimum Gasteiger partial charge on any atom is -0.508 e. The second-order valence-electron chi connectivity index (χ2n) is 14.7. The zero-order valence-electron chi connectivity index (χ0n) is 29.0. The number of phenols is 1. The predicted molar refractivity (Wildman–Crippen MR) is 182 cm³/mol. The van der Waals surface area contributed by atoms with E-state index in [-0.39, 0.29) is 29.7 Å². The molecule has 50 heavy (non-hydrogen) atoms. The number of aliphatic hydroxyl groups is 3. The third-order valence-electron chi connectivity index (χ3n) is 11.6. The smallest absolute Gasteiger partial charge is 0.306 e. The molecule has 2 fully saturated rings. The summed E-state index contributed by atoms with van der Waals surface area (Å²) in [5.74, 6) is -8.94. The maximum absolute atomic E-state index is 14.5. The molecule has 272 valence electrons. The molecule has 0 aliphatic heterocycles. The number of ketones is 3. The van der Waals surface area contributed by atoms with Crippen molar-refractivity contribution in [1.82, 2.24) is 0 Å². The highest BCUT2D eigenvalue weighted by atomic mass is 16.5. The number of hydrogen-bond donors (Lipinski definition) is 5. The molecule has 11 nitrogen and oxygen atoms in total. The number of carbonyl (C=O) groups is 5. The maximum Gasteiger partial charge on any atom is 0.306 e. The van der Waals surface area contributed by atoms with Gasteiger partial charge >= 0.3 is 11.9 Å². The van der Waals surface area contributed by atoms with Crippen molar-refractivity contribution in [3.05, 3.63) is 46.2 Å². The van der Waals surface area contributed by atoms with E-state index in [1.807, 2.05) is 0 Å². The number of esters is 1. The lowest BCUT2D eigenvalue weighted by Gasteiger charge is -2.52. The van der Waals surface area contributed by atoms with Gasteiger partial charge in [0, 0.05) is 36.7 Å². The molecule has 0 amide bonds. The first-order chi connectivity index (χ1) is 23.8. The van der Waals surface area contributed by atoms with Crippen LogP contribution in [0.25, 0.3) is 5.76 Å². The number of phenolic OH excluding ortho intramolecular Hbond substituents is 1. The van der Waals surface area contributed by atoms with Crippen LogP contribution < -0.4 is 0 Å². The van der Waals surface area contributed by atoms with Crippen LogP contribution in [0.15, 0.2) is 35.1 Å². The van der Waals surface area contributed by atoms with Crippen LogP contribution in [0.5, 0.6) is 5.75 Å². The fraction of sp³-hybridized carbons (Fsp3) is 0.615. The molecule has 0 radical (unpaired) electrons. The number of Topliss-reactive ketones (excluding diaryl/α,β-unsaturated/α-hetero) is 3. The van der Waals surface area contributed by atoms with Gasteiger partial charge < -0.3 is 30.3 Å². The van der Waals surface area contributed by atoms with Crippen LogP contribution in [-0.2, 0) is 28.7 Å². The number of hydrogen-bond acceptors (Lipinski definition) is 10. The van der Waals surface area contributed by atoms with Crippen molar-refractivity contribution in [3.8, 4) is 5.75 Å². The standard InChI is InChI=1S/C39H50O11/c1-3-29(43)50-35-25-20-28(42)32(27(41)16-8-6-4-5-7-12-21(2)38(47)48)36(45)39(25,49)37(46)33-31(35)24(19-18-22-13-9-10-14-22)23-15-11-17-26(40)30(23)34(33)44/h11,15,17,21-22,24-25,31,35,40,44-45,49H,3-10,12-14,16,18-20H2,1-2H3,(H,47,48). The van der Waals surface area contributed by atoms with Gasteiger partial charge in [0.2, 0.25) is 5.78 Å². The Labute approximate surface area is 292 Å². The van der Waals surface area contributed by atoms with Gasteiger partial charge in [-0.25, -0.2) is 0 Å². The number of carboxylic acid groups (broad SMARTS) is 1. The Morgan fingerprint density at radius 3 is 2.34 bits per heavy atom. The maximum atomic E-state index is 14.5. The molecule has 0 saturated heterocycles. The summed E-state index contributed by atoms with van der Waals surface area (Å²) in [5.41, 5.74) is -3.19. The van der Waals surface area contributed by atoms with Gasteiger partial charge in [-0.1, -0.05) is 77.3 Å². The number of allylic oxidation sites excluding steroid dienone is 1. The molecule has 5 rings (SSSR count). The Morgan fingerprint density at radius 2 is 1.66 bits per heavy atom. The van der Waals surface area contributed by atoms with E-state index in [4.69, 9.17) is 9.84 Å². The number of fused-ring (bicyclic) bond motifs is 3. The third kappa shape index (κ3) is 6.98. The van der Waals surface area contributed by atoms with Crippen molar-refractivity contribution in [2.75, 3.05) is 0 Å². The number of aliphatic carboxylic acids is 1. The van der Waals surface area contributed by atoms with Gasteiger partial charge in [-0.3, -0.25) is 24.0 Å². The summed E-state index contributed by atoms with van der Waals surface area (Å²) in [6, 6.07) is 4.77. The molecule has 4 aliphatic rings. The number of carbonyl (C=O) groups excluding carboxylic acids is 4. The molecule has 6 atom stereocenters. The predicted octanol–water partition coefficient (Wildman–Crippen LogP) is 6.40. The molecular weight excluding hydrogens is 644 g/mol. The summed E-state index contributed by atoms with van der Waals surface area (Å²) in [6.45, 7) is 3.23. The van der Waals surface area contributed by atoms with Crippen molar-refractivity contribution in [3.63, 3.8) is 0 Å². The summed E-state index contributed by atoms with van der Waals surface area (Å²) in [5, 5.41) is 55.4. The van der Waals surface area contributed by atoms with E-state index < -0.39 is 88.2 Å². The van der Waals surface area contributed by atoms with Crippen molar-refractivity contribution in [2.45, 2.75) is 128 Å². The molecule has 0 spiro atoms. The van der Waals surface area contributed by atoms with E-state index >= 15 is 0 Å². The monoisotopic (exact) mass is 694 g/mol. The van der Waals surface area contributed by atoms with Crippen molar-refractivity contribution in [2.24, 2.45) is 23.7 Å². The Hall–Kier alpha value is -3.99. The Morgan fingerprint density at radius 1 is 0.980 bits per heavy atom. The zero-order valence-corrected chi connectivity index (χ0v) is 29.0. The first-order valence-corrected chi connectivity index (χ1v) is 18.3. The summed E-state index contributed by atoms with van der Waals surface area (Å²) >= 11 is 0. The third-order valence-corrected chi connectivity index (χ3v) is 11.6. The number of aliphatic hydroxyl groups excluding tert-OH is 2. The summed E-state index contributed by atoms with van der Waals surface area (Å²) in [7, 11) is 0. The highest BCUT2D eigenvalue weighted by Gasteiger charge is 2.66. The highest BCUT2D eigenvalue weighted by Crippen LogP contribution is 2.58. The van der Waals surface area contributed by atoms with Gasteiger partial charge in [0.15, 0.2) is 17.2 Å². The summed E-state index contributed by atoms with van der Waals surface area (Å²) < 4.78 is 5.96. The number of aromatic hydroxyl groups is 1. The van der Waals surface area contributed by atoms with E-state index in [1.165, 1.54) is 6.07 Å². The second kappa shape index (κ2) is 15.5. The average Bonchev–Trinajstić information content (AvgIpc) is 3.60. The number of rotatable bonds is 15. The van der Waals surface area contributed by atoms with Crippen molar-refractivity contribution in [1.29, 1.82) is 0 Å². The van der Waals surface area contributed by atoms with E-state index in [2.05, 4.69) is 0 Å². The van der Waals surface area contributed by atoms with Gasteiger partial charge in [-0.2, -0.15) is 0 Å². The highest BCUT2D eigenvalue weighted by molar-refractivity contribution is 6.24. The van der Waals surface area contributed by atoms with Gasteiger partial charge in [0.25, 0.3) is 0 Å². The van der Waals surface area contributed by atoms with Gasteiger partial charge in [-0.05, 0) is 49.1 Å². The molecule has 11 heteroatoms. The van der Waals surface area contributed by atoms with Gasteiger partial charge in [-0.15, -0.1) is 0 Å². The molecule has 1 aromatic carbocycles. The Balaban J connectivity index is 1.47. The number of benzene rings is 1. The van der Waals surface area contributed by atoms with Crippen LogP contribution in [0.4, 0.5) is 0 Å². The Kier molecular flexibility index (Phi) is 11.5. The normalized spacial score (nSPS) is 27.1. The lowest BCUT2D eigenvalue weighted by Crippen LogP contribution is -2.64. The molecular formula is C39H50O11. The Bertz CT molecular complexity index is 1580. The van der Waals surface area contributed by atoms with E-state index in [0.29, 0.717) is 37.2 Å². The average molecular weight is 695 g/mol. The molecule has 6 unspecified atom stereocenters. The van der Waals surface area contributed by atoms with Crippen LogP contribution in [-0.4, -0.2) is 66.5 Å². The zero-order chi connectivity index (χ0) is 36.3. The molecule has 0 aromatic heterocycles. The van der Waals surface area contributed by atoms with Crippen LogP contribution in [0, 0.1) is 23.7 Å². The van der Waals surface area contributed by atoms with E-state index in [9.17, 15) is 44.4 Å². The lowest BCUT2D eigenvalue weighted by molar-refractivity contribution is -0.178. The van der Waals surface area contributed by atoms with E-state index in [0.717, 1.165) is 51.4 Å². The first kappa shape index (κ1) is 37.3. The minimum absolute atomic E-state index is 0.0372. The van der Waals surface area contributed by atoms with Crippen LogP contribution in [0.2, 0.25) is 0 Å². The molecule has 5 N–H and O–H groups in total. The topological polar surface area (TPSA) is 196 Å². The largest absolute Gasteiger partial charge is 0.508 e. The van der Waals surface area contributed by atoms with Crippen molar-refractivity contribution < 1.29 is 54.2 Å². The quantitative estimate of drug-likeness (QED) is 0.0774. The van der Waals surface area contributed by atoms with Crippen molar-refractivity contribution >= 4 is 35.0 Å². The van der Waals surface area contributed by atoms with E-state index in [1.54, 1.807) is 26.0 Å². The number of carboxylic acids is 1. The lowest BCUT2D eigenvalue weighted by atomic mass is 9.54. The molecule has 0 heterocycles. The summed E-state index contributed by atoms with van der Waals surface area (Å²) in [6.07, 6.45) is 7.41. The second-order valence-corrected chi connectivity index (χ2v) is 14.7. The first-order valence-electron chi connectivity index (χ1n) is 18.3. The fourth-order valence-electron chi connectivity index (χ4n) is 8.74. The molecule has 4 aliphatic carbocycles. The van der Waals surface area contributed by atoms with Crippen LogP contribution >= 0.6 is 0 Å². The van der Waals surface area contributed by atoms with Crippen LogP contribution in [0.3, 0.4) is 0 Å².